The van der Waals surface area contributed by atoms with Gasteiger partial charge in [0, 0.05) is 10.6 Å². The summed E-state index contributed by atoms with van der Waals surface area (Å²) in [6.07, 6.45) is 0. The third-order valence-electron chi connectivity index (χ3n) is 3.17. The first-order valence-electron chi connectivity index (χ1n) is 6.38. The van der Waals surface area contributed by atoms with E-state index in [2.05, 4.69) is 0 Å². The van der Waals surface area contributed by atoms with Gasteiger partial charge in [0.05, 0.1) is 0 Å². The van der Waals surface area contributed by atoms with Gasteiger partial charge in [-0.2, -0.15) is 0 Å². The molecule has 0 spiro atoms. The second-order valence-electron chi connectivity index (χ2n) is 4.95. The molecule has 2 aromatic rings. The van der Waals surface area contributed by atoms with Crippen LogP contribution in [0.2, 0.25) is 0 Å². The lowest BCUT2D eigenvalue weighted by atomic mass is 10.4. The van der Waals surface area contributed by atoms with Crippen LogP contribution in [0.25, 0.3) is 0 Å². The molecule has 2 atom stereocenters. The molecule has 4 heteroatoms. The minimum atomic E-state index is -2.61. The summed E-state index contributed by atoms with van der Waals surface area (Å²) in [5.41, 5.74) is 0. The second kappa shape index (κ2) is 5.95. The zero-order valence-corrected chi connectivity index (χ0v) is 13.4. The summed E-state index contributed by atoms with van der Waals surface area (Å²) in [7, 11) is -5.23. The molecule has 2 aromatic carbocycles. The summed E-state index contributed by atoms with van der Waals surface area (Å²) >= 11 is 0. The van der Waals surface area contributed by atoms with E-state index in [-0.39, 0.29) is 0 Å². The van der Waals surface area contributed by atoms with Gasteiger partial charge >= 0.3 is 0 Å². The Bertz CT molecular complexity index is 629. The van der Waals surface area contributed by atoms with E-state index in [1.54, 1.807) is 25.0 Å². The Hall–Kier alpha value is -1.36. The highest BCUT2D eigenvalue weighted by atomic mass is 31.2. The van der Waals surface area contributed by atoms with Crippen LogP contribution in [-0.2, 0) is 9.13 Å². The van der Waals surface area contributed by atoms with E-state index in [1.807, 2.05) is 60.7 Å². The topological polar surface area (TPSA) is 34.1 Å². The van der Waals surface area contributed by atoms with Crippen LogP contribution in [0.3, 0.4) is 0 Å². The Balaban J connectivity index is 2.30. The van der Waals surface area contributed by atoms with E-state index in [0.717, 1.165) is 10.6 Å². The highest BCUT2D eigenvalue weighted by Crippen LogP contribution is 2.48. The van der Waals surface area contributed by atoms with Gasteiger partial charge in [-0.15, -0.1) is 0 Å². The maximum absolute atomic E-state index is 12.7. The Labute approximate surface area is 120 Å². The smallest absolute Gasteiger partial charge is 0.133 e. The van der Waals surface area contributed by atoms with Gasteiger partial charge < -0.3 is 9.13 Å². The predicted molar refractivity (Wildman–Crippen MR) is 88.4 cm³/mol. The van der Waals surface area contributed by atoms with Gasteiger partial charge in [0.1, 0.15) is 14.3 Å². The van der Waals surface area contributed by atoms with Crippen molar-refractivity contribution in [2.24, 2.45) is 0 Å². The molecule has 2 rings (SSSR count). The zero-order valence-electron chi connectivity index (χ0n) is 11.6. The lowest BCUT2D eigenvalue weighted by Gasteiger charge is -2.11. The molecule has 0 aliphatic heterocycles. The largest absolute Gasteiger partial charge is 0.315 e. The Kier molecular flexibility index (Phi) is 4.48. The van der Waals surface area contributed by atoms with Crippen molar-refractivity contribution in [3.05, 3.63) is 72.3 Å². The van der Waals surface area contributed by atoms with Gasteiger partial charge in [0.2, 0.25) is 0 Å². The predicted octanol–water partition coefficient (Wildman–Crippen LogP) is 4.09. The van der Waals surface area contributed by atoms with Crippen molar-refractivity contribution in [2.75, 3.05) is 13.3 Å². The van der Waals surface area contributed by atoms with E-state index in [9.17, 15) is 9.13 Å². The summed E-state index contributed by atoms with van der Waals surface area (Å²) in [4.78, 5) is 0. The molecular weight excluding hydrogens is 286 g/mol. The van der Waals surface area contributed by atoms with Crippen LogP contribution in [0.4, 0.5) is 0 Å². The maximum Gasteiger partial charge on any atom is 0.133 e. The highest BCUT2D eigenvalue weighted by molar-refractivity contribution is 7.77. The molecule has 20 heavy (non-hydrogen) atoms. The van der Waals surface area contributed by atoms with Crippen molar-refractivity contribution in [3.8, 4) is 0 Å². The zero-order chi connectivity index (χ0) is 14.6. The van der Waals surface area contributed by atoms with E-state index < -0.39 is 14.3 Å². The first kappa shape index (κ1) is 15.0. The molecule has 0 radical (unpaired) electrons. The Morgan fingerprint density at radius 3 is 1.25 bits per heavy atom. The van der Waals surface area contributed by atoms with Crippen molar-refractivity contribution in [3.63, 3.8) is 0 Å². The van der Waals surface area contributed by atoms with Crippen molar-refractivity contribution in [2.45, 2.75) is 0 Å². The molecule has 0 fully saturated rings. The number of hydrogen-bond donors (Lipinski definition) is 0. The van der Waals surface area contributed by atoms with Crippen molar-refractivity contribution >= 4 is 24.9 Å². The van der Waals surface area contributed by atoms with Crippen LogP contribution >= 0.6 is 14.3 Å². The minimum absolute atomic E-state index is 0.782. The van der Waals surface area contributed by atoms with Gasteiger partial charge in [0.25, 0.3) is 0 Å². The van der Waals surface area contributed by atoms with Crippen LogP contribution in [0, 0.1) is 0 Å². The third-order valence-corrected chi connectivity index (χ3v) is 7.49. The molecule has 0 N–H and O–H groups in total. The van der Waals surface area contributed by atoms with Crippen molar-refractivity contribution < 1.29 is 9.13 Å². The molecule has 0 bridgehead atoms. The van der Waals surface area contributed by atoms with Crippen LogP contribution < -0.4 is 10.6 Å². The number of benzene rings is 2. The molecule has 0 unspecified atom stereocenters. The molecule has 0 saturated carbocycles. The quantitative estimate of drug-likeness (QED) is 0.797. The number of rotatable bonds is 4. The molecule has 0 aromatic heterocycles. The SMILES string of the molecule is C[P@](=O)(/C=C/[P@](C)(=O)c1ccccc1)c1ccccc1. The molecule has 2 nitrogen and oxygen atoms in total. The Morgan fingerprint density at radius 1 is 0.650 bits per heavy atom. The van der Waals surface area contributed by atoms with Gasteiger partial charge in [-0.05, 0) is 25.0 Å². The summed E-state index contributed by atoms with van der Waals surface area (Å²) in [6.45, 7) is 3.40. The lowest BCUT2D eigenvalue weighted by molar-refractivity contribution is 0.587. The highest BCUT2D eigenvalue weighted by Gasteiger charge is 2.18. The van der Waals surface area contributed by atoms with E-state index >= 15 is 0 Å². The first-order chi connectivity index (χ1) is 9.42. The molecule has 0 aliphatic rings. The standard InChI is InChI=1S/C16H18O2P2/c1-19(17,15-9-5-3-6-10-15)13-14-20(2,18)16-11-7-4-8-12-16/h3-14H,1-2H3/b14-13+/t19-,20-/m0/s1. The normalized spacial score (nSPS) is 17.5. The number of hydrogen-bond acceptors (Lipinski definition) is 2. The van der Waals surface area contributed by atoms with Crippen LogP contribution in [0.1, 0.15) is 0 Å². The minimum Gasteiger partial charge on any atom is -0.315 e. The average molecular weight is 304 g/mol. The fourth-order valence-corrected chi connectivity index (χ4v) is 5.78. The third kappa shape index (κ3) is 3.60. The summed E-state index contributed by atoms with van der Waals surface area (Å²) in [5.74, 6) is 3.24. The first-order valence-corrected chi connectivity index (χ1v) is 10.8. The molecule has 0 heterocycles. The fraction of sp³-hybridized carbons (Fsp3) is 0.125. The molecule has 104 valence electrons. The van der Waals surface area contributed by atoms with E-state index in [1.165, 1.54) is 0 Å². The summed E-state index contributed by atoms with van der Waals surface area (Å²) in [6, 6.07) is 18.6. The second-order valence-corrected chi connectivity index (χ2v) is 10.5. The fourth-order valence-electron chi connectivity index (χ4n) is 1.87. The maximum atomic E-state index is 12.7. The van der Waals surface area contributed by atoms with Crippen molar-refractivity contribution in [1.29, 1.82) is 0 Å². The van der Waals surface area contributed by atoms with Crippen LogP contribution in [0.5, 0.6) is 0 Å². The van der Waals surface area contributed by atoms with E-state index in [4.69, 9.17) is 0 Å². The van der Waals surface area contributed by atoms with Crippen LogP contribution in [-0.4, -0.2) is 13.3 Å². The van der Waals surface area contributed by atoms with Gasteiger partial charge in [-0.3, -0.25) is 0 Å². The van der Waals surface area contributed by atoms with Crippen LogP contribution in [0.15, 0.2) is 72.3 Å². The summed E-state index contributed by atoms with van der Waals surface area (Å²) in [5, 5.41) is 1.56. The molecule has 0 saturated heterocycles. The lowest BCUT2D eigenvalue weighted by Crippen LogP contribution is -2.02. The molecular formula is C16H18O2P2. The van der Waals surface area contributed by atoms with Crippen molar-refractivity contribution in [1.82, 2.24) is 0 Å². The molecule has 0 aliphatic carbocycles. The summed E-state index contributed by atoms with van der Waals surface area (Å²) < 4.78 is 25.4. The average Bonchev–Trinajstić information content (AvgIpc) is 2.47. The Morgan fingerprint density at radius 2 is 0.950 bits per heavy atom. The van der Waals surface area contributed by atoms with Gasteiger partial charge in [0.15, 0.2) is 0 Å². The van der Waals surface area contributed by atoms with E-state index in [0.29, 0.717) is 0 Å². The van der Waals surface area contributed by atoms with Gasteiger partial charge in [-0.1, -0.05) is 60.7 Å². The monoisotopic (exact) mass is 304 g/mol. The molecule has 0 amide bonds. The van der Waals surface area contributed by atoms with Gasteiger partial charge in [-0.25, -0.2) is 0 Å².